The van der Waals surface area contributed by atoms with Crippen LogP contribution in [0.5, 0.6) is 0 Å². The van der Waals surface area contributed by atoms with Crippen molar-refractivity contribution < 1.29 is 13.5 Å². The van der Waals surface area contributed by atoms with Gasteiger partial charge in [0, 0.05) is 24.3 Å². The van der Waals surface area contributed by atoms with Crippen molar-refractivity contribution in [3.05, 3.63) is 11.7 Å². The molecule has 1 atom stereocenters. The summed E-state index contributed by atoms with van der Waals surface area (Å²) in [6, 6.07) is 0. The number of halogens is 2. The van der Waals surface area contributed by atoms with E-state index in [4.69, 9.17) is 4.74 Å². The molecule has 0 radical (unpaired) electrons. The maximum absolute atomic E-state index is 12.6. The summed E-state index contributed by atoms with van der Waals surface area (Å²) in [4.78, 5) is 2.16. The number of fused-ring (bicyclic) bond motifs is 1. The molecule has 0 spiro atoms. The summed E-state index contributed by atoms with van der Waals surface area (Å²) in [5, 5.41) is 0. The van der Waals surface area contributed by atoms with Gasteiger partial charge in [-0.05, 0) is 32.7 Å². The Hall–Kier alpha value is -0.480. The lowest BCUT2D eigenvalue weighted by atomic mass is 9.94. The van der Waals surface area contributed by atoms with Gasteiger partial charge in [0.1, 0.15) is 0 Å². The maximum Gasteiger partial charge on any atom is 0.270 e. The number of ether oxygens (including phenoxy) is 1. The van der Waals surface area contributed by atoms with Crippen molar-refractivity contribution in [2.45, 2.75) is 31.7 Å². The zero-order chi connectivity index (χ0) is 10.9. The molecule has 0 aromatic rings. The van der Waals surface area contributed by atoms with Crippen molar-refractivity contribution in [2.24, 2.45) is 0 Å². The van der Waals surface area contributed by atoms with Gasteiger partial charge in [-0.1, -0.05) is 0 Å². The highest BCUT2D eigenvalue weighted by Crippen LogP contribution is 2.42. The third-order valence-electron chi connectivity index (χ3n) is 3.51. The first-order valence-electron chi connectivity index (χ1n) is 5.54. The summed E-state index contributed by atoms with van der Waals surface area (Å²) in [7, 11) is 0. The van der Waals surface area contributed by atoms with Crippen LogP contribution in [-0.2, 0) is 4.74 Å². The predicted molar refractivity (Wildman–Crippen MR) is 53.9 cm³/mol. The van der Waals surface area contributed by atoms with Crippen LogP contribution in [0.2, 0.25) is 0 Å². The first-order chi connectivity index (χ1) is 7.18. The van der Waals surface area contributed by atoms with E-state index in [2.05, 4.69) is 4.90 Å². The molecule has 0 aromatic heterocycles. The second-order valence-electron chi connectivity index (χ2n) is 4.43. The zero-order valence-electron chi connectivity index (χ0n) is 9.06. The number of hydrogen-bond donors (Lipinski definition) is 0. The van der Waals surface area contributed by atoms with Crippen LogP contribution < -0.4 is 0 Å². The normalized spacial score (nSPS) is 31.0. The molecule has 0 saturated carbocycles. The van der Waals surface area contributed by atoms with Crippen LogP contribution in [0.25, 0.3) is 0 Å². The molecule has 0 N–H and O–H groups in total. The third kappa shape index (κ3) is 1.93. The summed E-state index contributed by atoms with van der Waals surface area (Å²) in [5.41, 5.74) is 0.198. The minimum atomic E-state index is -1.49. The van der Waals surface area contributed by atoms with Crippen molar-refractivity contribution in [3.63, 3.8) is 0 Å². The Morgan fingerprint density at radius 3 is 3.00 bits per heavy atom. The Kier molecular flexibility index (Phi) is 3.07. The van der Waals surface area contributed by atoms with Gasteiger partial charge < -0.3 is 4.74 Å². The molecular formula is C11H17F2NO. The minimum Gasteiger partial charge on any atom is -0.380 e. The van der Waals surface area contributed by atoms with Crippen LogP contribution >= 0.6 is 0 Å². The zero-order valence-corrected chi connectivity index (χ0v) is 9.06. The van der Waals surface area contributed by atoms with Gasteiger partial charge in [0.2, 0.25) is 0 Å². The first kappa shape index (κ1) is 11.0. The predicted octanol–water partition coefficient (Wildman–Crippen LogP) is 2.41. The summed E-state index contributed by atoms with van der Waals surface area (Å²) in [6.07, 6.45) is 1.10. The van der Waals surface area contributed by atoms with E-state index in [-0.39, 0.29) is 5.54 Å². The summed E-state index contributed by atoms with van der Waals surface area (Å²) in [6.45, 7) is 4.57. The molecule has 0 amide bonds. The molecule has 2 nitrogen and oxygen atoms in total. The first-order valence-corrected chi connectivity index (χ1v) is 5.54. The van der Waals surface area contributed by atoms with Crippen LogP contribution in [0, 0.1) is 0 Å². The summed E-state index contributed by atoms with van der Waals surface area (Å²) < 4.78 is 30.5. The van der Waals surface area contributed by atoms with E-state index in [0.717, 1.165) is 19.4 Å². The van der Waals surface area contributed by atoms with Gasteiger partial charge >= 0.3 is 0 Å². The van der Waals surface area contributed by atoms with Gasteiger partial charge in [0.05, 0.1) is 6.61 Å². The SMILES string of the molecule is CCOC[C@@]12CCCN1CC(=C(F)F)C2. The fourth-order valence-electron chi connectivity index (χ4n) is 2.76. The second kappa shape index (κ2) is 4.18. The van der Waals surface area contributed by atoms with E-state index in [1.807, 2.05) is 6.92 Å². The fraction of sp³-hybridized carbons (Fsp3) is 0.818. The Morgan fingerprint density at radius 2 is 2.33 bits per heavy atom. The van der Waals surface area contributed by atoms with Crippen LogP contribution in [-0.4, -0.2) is 36.7 Å². The average molecular weight is 217 g/mol. The molecule has 2 fully saturated rings. The minimum absolute atomic E-state index is 0.116. The van der Waals surface area contributed by atoms with Gasteiger partial charge in [0.25, 0.3) is 6.08 Å². The topological polar surface area (TPSA) is 12.5 Å². The quantitative estimate of drug-likeness (QED) is 0.719. The molecule has 86 valence electrons. The molecule has 2 heterocycles. The van der Waals surface area contributed by atoms with Crippen molar-refractivity contribution >= 4 is 0 Å². The number of nitrogens with zero attached hydrogens (tertiary/aromatic N) is 1. The molecule has 2 aliphatic rings. The number of hydrogen-bond acceptors (Lipinski definition) is 2. The lowest BCUT2D eigenvalue weighted by Gasteiger charge is -2.30. The van der Waals surface area contributed by atoms with Crippen molar-refractivity contribution in [1.82, 2.24) is 4.90 Å². The molecule has 2 saturated heterocycles. The molecule has 0 bridgehead atoms. The Labute approximate surface area is 88.9 Å². The molecule has 4 heteroatoms. The van der Waals surface area contributed by atoms with Crippen molar-refractivity contribution in [1.29, 1.82) is 0 Å². The van der Waals surface area contributed by atoms with Crippen LogP contribution in [0.3, 0.4) is 0 Å². The van der Waals surface area contributed by atoms with Gasteiger partial charge in [-0.25, -0.2) is 0 Å². The van der Waals surface area contributed by atoms with Crippen LogP contribution in [0.15, 0.2) is 11.7 Å². The molecule has 2 rings (SSSR count). The molecule has 0 aromatic carbocycles. The highest BCUT2D eigenvalue weighted by Gasteiger charge is 2.47. The van der Waals surface area contributed by atoms with Gasteiger partial charge in [-0.3, -0.25) is 4.90 Å². The highest BCUT2D eigenvalue weighted by molar-refractivity contribution is 5.21. The third-order valence-corrected chi connectivity index (χ3v) is 3.51. The largest absolute Gasteiger partial charge is 0.380 e. The standard InChI is InChI=1S/C11H17F2NO/c1-2-15-8-11-4-3-5-14(11)7-9(6-11)10(12)13/h2-8H2,1H3/t11-/m0/s1. The monoisotopic (exact) mass is 217 g/mol. The summed E-state index contributed by atoms with van der Waals surface area (Å²) >= 11 is 0. The summed E-state index contributed by atoms with van der Waals surface area (Å²) in [5.74, 6) is 0. The van der Waals surface area contributed by atoms with E-state index in [1.165, 1.54) is 0 Å². The fourth-order valence-corrected chi connectivity index (χ4v) is 2.76. The Balaban J connectivity index is 2.11. The molecule has 0 aliphatic carbocycles. The molecular weight excluding hydrogens is 200 g/mol. The Bertz CT molecular complexity index is 276. The van der Waals surface area contributed by atoms with E-state index < -0.39 is 6.08 Å². The molecule has 2 aliphatic heterocycles. The van der Waals surface area contributed by atoms with Gasteiger partial charge in [-0.15, -0.1) is 0 Å². The van der Waals surface area contributed by atoms with Crippen molar-refractivity contribution in [2.75, 3.05) is 26.3 Å². The lowest BCUT2D eigenvalue weighted by Crippen LogP contribution is -2.42. The van der Waals surface area contributed by atoms with E-state index in [1.54, 1.807) is 0 Å². The molecule has 15 heavy (non-hydrogen) atoms. The van der Waals surface area contributed by atoms with E-state index in [0.29, 0.717) is 31.8 Å². The van der Waals surface area contributed by atoms with Crippen LogP contribution in [0.4, 0.5) is 8.78 Å². The average Bonchev–Trinajstić information content (AvgIpc) is 2.70. The second-order valence-corrected chi connectivity index (χ2v) is 4.43. The lowest BCUT2D eigenvalue weighted by molar-refractivity contribution is 0.0418. The van der Waals surface area contributed by atoms with Crippen LogP contribution in [0.1, 0.15) is 26.2 Å². The highest BCUT2D eigenvalue weighted by atomic mass is 19.3. The maximum atomic E-state index is 12.6. The smallest absolute Gasteiger partial charge is 0.270 e. The van der Waals surface area contributed by atoms with Gasteiger partial charge in [-0.2, -0.15) is 8.78 Å². The van der Waals surface area contributed by atoms with Crippen molar-refractivity contribution in [3.8, 4) is 0 Å². The number of rotatable bonds is 3. The molecule has 0 unspecified atom stereocenters. The van der Waals surface area contributed by atoms with Gasteiger partial charge in [0.15, 0.2) is 0 Å². The van der Waals surface area contributed by atoms with E-state index >= 15 is 0 Å². The Morgan fingerprint density at radius 1 is 1.53 bits per heavy atom. The van der Waals surface area contributed by atoms with E-state index in [9.17, 15) is 8.78 Å².